The van der Waals surface area contributed by atoms with Gasteiger partial charge in [-0.3, -0.25) is 5.10 Å². The molecule has 2 N–H and O–H groups in total. The summed E-state index contributed by atoms with van der Waals surface area (Å²) in [6, 6.07) is 6.00. The number of nitrogens with one attached hydrogen (secondary N) is 2. The second-order valence-corrected chi connectivity index (χ2v) is 5.50. The summed E-state index contributed by atoms with van der Waals surface area (Å²) in [6.45, 7) is 5.94. The van der Waals surface area contributed by atoms with Crippen molar-refractivity contribution in [3.8, 4) is 0 Å². The van der Waals surface area contributed by atoms with Gasteiger partial charge in [0.2, 0.25) is 0 Å². The number of carbonyl (C=O) groups excluding carboxylic acids is 1. The predicted octanol–water partition coefficient (Wildman–Crippen LogP) is 3.10. The van der Waals surface area contributed by atoms with E-state index in [0.717, 1.165) is 16.5 Å². The summed E-state index contributed by atoms with van der Waals surface area (Å²) in [5.74, 6) is 0. The number of amides is 1. The van der Waals surface area contributed by atoms with Gasteiger partial charge >= 0.3 is 6.09 Å². The number of aromatic nitrogens is 2. The van der Waals surface area contributed by atoms with Crippen LogP contribution in [0.4, 0.5) is 4.79 Å². The molecule has 0 spiro atoms. The second-order valence-electron chi connectivity index (χ2n) is 5.50. The number of H-pyrrole nitrogens is 1. The number of fused-ring (bicyclic) bond motifs is 1. The van der Waals surface area contributed by atoms with Gasteiger partial charge < -0.3 is 10.1 Å². The molecule has 0 bridgehead atoms. The summed E-state index contributed by atoms with van der Waals surface area (Å²) >= 11 is 0. The molecule has 2 rings (SSSR count). The van der Waals surface area contributed by atoms with Gasteiger partial charge in [0.25, 0.3) is 0 Å². The molecule has 5 nitrogen and oxygen atoms in total. The molecule has 0 aliphatic heterocycles. The first-order valence-electron chi connectivity index (χ1n) is 6.50. The minimum Gasteiger partial charge on any atom is -0.444 e. The van der Waals surface area contributed by atoms with Gasteiger partial charge in [-0.15, -0.1) is 0 Å². The van der Waals surface area contributed by atoms with Gasteiger partial charge in [0.1, 0.15) is 5.60 Å². The van der Waals surface area contributed by atoms with E-state index < -0.39 is 11.7 Å². The molecule has 106 valence electrons. The third-order valence-electron chi connectivity index (χ3n) is 2.54. The summed E-state index contributed by atoms with van der Waals surface area (Å²) in [5.41, 5.74) is 1.60. The zero-order valence-electron chi connectivity index (χ0n) is 11.9. The molecule has 20 heavy (non-hydrogen) atoms. The van der Waals surface area contributed by atoms with Gasteiger partial charge in [-0.1, -0.05) is 18.2 Å². The number of rotatable bonds is 3. The average Bonchev–Trinajstić information content (AvgIpc) is 2.79. The molecule has 0 aliphatic rings. The molecule has 2 aromatic rings. The summed E-state index contributed by atoms with van der Waals surface area (Å²) in [6.07, 6.45) is 5.20. The van der Waals surface area contributed by atoms with Crippen LogP contribution in [-0.4, -0.2) is 28.4 Å². The van der Waals surface area contributed by atoms with Crippen molar-refractivity contribution < 1.29 is 9.53 Å². The first-order valence-corrected chi connectivity index (χ1v) is 6.50. The molecular formula is C15H19N3O2. The van der Waals surface area contributed by atoms with Crippen molar-refractivity contribution in [2.45, 2.75) is 26.4 Å². The molecular weight excluding hydrogens is 254 g/mol. The Bertz CT molecular complexity index is 623. The Labute approximate surface area is 118 Å². The first kappa shape index (κ1) is 14.1. The lowest BCUT2D eigenvalue weighted by Gasteiger charge is -2.19. The third kappa shape index (κ3) is 4.12. The Morgan fingerprint density at radius 1 is 1.45 bits per heavy atom. The molecule has 0 saturated heterocycles. The number of nitrogens with zero attached hydrogens (tertiary/aromatic N) is 1. The highest BCUT2D eigenvalue weighted by molar-refractivity contribution is 5.80. The zero-order valence-corrected chi connectivity index (χ0v) is 11.9. The predicted molar refractivity (Wildman–Crippen MR) is 79.4 cm³/mol. The SMILES string of the molecule is CC(C)(C)OC(=O)NCC=Cc1ccc2[nH]ncc2c1. The maximum absolute atomic E-state index is 11.4. The fourth-order valence-corrected chi connectivity index (χ4v) is 1.72. The molecule has 0 aliphatic carbocycles. The number of hydrogen-bond acceptors (Lipinski definition) is 3. The van der Waals surface area contributed by atoms with Gasteiger partial charge in [0.15, 0.2) is 0 Å². The fourth-order valence-electron chi connectivity index (χ4n) is 1.72. The lowest BCUT2D eigenvalue weighted by Crippen LogP contribution is -2.32. The topological polar surface area (TPSA) is 67.0 Å². The van der Waals surface area contributed by atoms with E-state index in [4.69, 9.17) is 4.74 Å². The molecule has 5 heteroatoms. The normalized spacial score (nSPS) is 11.9. The van der Waals surface area contributed by atoms with Gasteiger partial charge in [-0.2, -0.15) is 5.10 Å². The second kappa shape index (κ2) is 5.77. The Hall–Kier alpha value is -2.30. The van der Waals surface area contributed by atoms with Crippen LogP contribution >= 0.6 is 0 Å². The fraction of sp³-hybridized carbons (Fsp3) is 0.333. The Balaban J connectivity index is 1.85. The van der Waals surface area contributed by atoms with Crippen LogP contribution in [0.1, 0.15) is 26.3 Å². The molecule has 1 aromatic heterocycles. The molecule has 1 amide bonds. The lowest BCUT2D eigenvalue weighted by molar-refractivity contribution is 0.0534. The van der Waals surface area contributed by atoms with E-state index in [1.54, 1.807) is 6.20 Å². The van der Waals surface area contributed by atoms with Crippen molar-refractivity contribution >= 4 is 23.1 Å². The number of alkyl carbamates (subject to hydrolysis) is 1. The Morgan fingerprint density at radius 3 is 3.00 bits per heavy atom. The van der Waals surface area contributed by atoms with Crippen LogP contribution in [0, 0.1) is 0 Å². The van der Waals surface area contributed by atoms with Crippen LogP contribution in [0.2, 0.25) is 0 Å². The molecule has 0 fully saturated rings. The van der Waals surface area contributed by atoms with Crippen molar-refractivity contribution in [2.75, 3.05) is 6.54 Å². The summed E-state index contributed by atoms with van der Waals surface area (Å²) < 4.78 is 5.14. The maximum atomic E-state index is 11.4. The quantitative estimate of drug-likeness (QED) is 0.903. The largest absolute Gasteiger partial charge is 0.444 e. The highest BCUT2D eigenvalue weighted by Crippen LogP contribution is 2.13. The molecule has 0 radical (unpaired) electrons. The van der Waals surface area contributed by atoms with Crippen molar-refractivity contribution in [1.29, 1.82) is 0 Å². The number of carbonyl (C=O) groups is 1. The van der Waals surface area contributed by atoms with E-state index in [9.17, 15) is 4.79 Å². The summed E-state index contributed by atoms with van der Waals surface area (Å²) in [5, 5.41) is 10.6. The minimum absolute atomic E-state index is 0.410. The highest BCUT2D eigenvalue weighted by Gasteiger charge is 2.14. The van der Waals surface area contributed by atoms with E-state index in [1.165, 1.54) is 0 Å². The summed E-state index contributed by atoms with van der Waals surface area (Å²) in [4.78, 5) is 11.4. The van der Waals surface area contributed by atoms with Crippen molar-refractivity contribution in [2.24, 2.45) is 0 Å². The van der Waals surface area contributed by atoms with Gasteiger partial charge in [0, 0.05) is 11.9 Å². The monoisotopic (exact) mass is 273 g/mol. The molecule has 1 heterocycles. The Morgan fingerprint density at radius 2 is 2.25 bits per heavy atom. The highest BCUT2D eigenvalue weighted by atomic mass is 16.6. The van der Waals surface area contributed by atoms with E-state index in [2.05, 4.69) is 15.5 Å². The maximum Gasteiger partial charge on any atom is 0.407 e. The van der Waals surface area contributed by atoms with Crippen LogP contribution in [0.5, 0.6) is 0 Å². The van der Waals surface area contributed by atoms with Gasteiger partial charge in [0.05, 0.1) is 11.7 Å². The third-order valence-corrected chi connectivity index (χ3v) is 2.54. The number of aromatic amines is 1. The van der Waals surface area contributed by atoms with Crippen LogP contribution in [0.25, 0.3) is 17.0 Å². The molecule has 0 saturated carbocycles. The van der Waals surface area contributed by atoms with Crippen LogP contribution in [0.3, 0.4) is 0 Å². The molecule has 1 aromatic carbocycles. The van der Waals surface area contributed by atoms with Crippen LogP contribution in [0.15, 0.2) is 30.5 Å². The van der Waals surface area contributed by atoms with E-state index in [-0.39, 0.29) is 0 Å². The van der Waals surface area contributed by atoms with Gasteiger partial charge in [-0.05, 0) is 38.5 Å². The number of ether oxygens (including phenoxy) is 1. The van der Waals surface area contributed by atoms with Crippen molar-refractivity contribution in [3.63, 3.8) is 0 Å². The number of benzene rings is 1. The zero-order chi connectivity index (χ0) is 14.6. The summed E-state index contributed by atoms with van der Waals surface area (Å²) in [7, 11) is 0. The van der Waals surface area contributed by atoms with Crippen LogP contribution in [-0.2, 0) is 4.74 Å². The number of hydrogen-bond donors (Lipinski definition) is 2. The minimum atomic E-state index is -0.472. The van der Waals surface area contributed by atoms with Crippen molar-refractivity contribution in [1.82, 2.24) is 15.5 Å². The van der Waals surface area contributed by atoms with E-state index >= 15 is 0 Å². The molecule has 0 unspecified atom stereocenters. The standard InChI is InChI=1S/C15H19N3O2/c1-15(2,3)20-14(19)16-8-4-5-11-6-7-13-12(9-11)10-17-18-13/h4-7,9-10H,8H2,1-3H3,(H,16,19)(H,17,18). The Kier molecular flexibility index (Phi) is 4.08. The lowest BCUT2D eigenvalue weighted by atomic mass is 10.1. The van der Waals surface area contributed by atoms with E-state index in [0.29, 0.717) is 6.54 Å². The molecule has 0 atom stereocenters. The first-order chi connectivity index (χ1) is 9.44. The smallest absolute Gasteiger partial charge is 0.407 e. The van der Waals surface area contributed by atoms with Gasteiger partial charge in [-0.25, -0.2) is 4.79 Å². The van der Waals surface area contributed by atoms with E-state index in [1.807, 2.05) is 51.1 Å². The van der Waals surface area contributed by atoms with Crippen LogP contribution < -0.4 is 5.32 Å². The van der Waals surface area contributed by atoms with Crippen molar-refractivity contribution in [3.05, 3.63) is 36.0 Å². The average molecular weight is 273 g/mol.